The molecule has 0 aliphatic carbocycles. The molecule has 4 atom stereocenters. The standard InChI is InChI=1S/C34H49NO8/c1-9-10-13-19-40-29-23(2)41-30(36)28(35(31(37)42-33(3,4)5)32(38)43-34(6,7)8)22-39-21-26(29)20-25-17-14-16-24-15-11-12-18-27(24)25/h11-12,14-18,23,26,28-29H,9-10,13,19-22H2,1-8H3/t23-,26-,28-,29-/m0/s1. The van der Waals surface area contributed by atoms with E-state index in [4.69, 9.17) is 23.7 Å². The number of carbonyl (C=O) groups is 3. The van der Waals surface area contributed by atoms with Crippen LogP contribution in [0.25, 0.3) is 10.8 Å². The molecule has 1 fully saturated rings. The maximum atomic E-state index is 13.7. The van der Waals surface area contributed by atoms with E-state index in [0.29, 0.717) is 17.9 Å². The summed E-state index contributed by atoms with van der Waals surface area (Å²) in [5, 5.41) is 2.27. The van der Waals surface area contributed by atoms with Crippen LogP contribution in [0.3, 0.4) is 0 Å². The van der Waals surface area contributed by atoms with Gasteiger partial charge in [-0.25, -0.2) is 14.4 Å². The molecule has 9 heteroatoms. The van der Waals surface area contributed by atoms with Gasteiger partial charge in [-0.3, -0.25) is 0 Å². The van der Waals surface area contributed by atoms with Crippen molar-refractivity contribution in [3.8, 4) is 0 Å². The lowest BCUT2D eigenvalue weighted by atomic mass is 9.89. The predicted molar refractivity (Wildman–Crippen MR) is 165 cm³/mol. The van der Waals surface area contributed by atoms with Crippen LogP contribution in [0.4, 0.5) is 9.59 Å². The molecule has 0 bridgehead atoms. The van der Waals surface area contributed by atoms with E-state index in [-0.39, 0.29) is 19.1 Å². The number of benzene rings is 2. The molecule has 0 saturated carbocycles. The highest BCUT2D eigenvalue weighted by Gasteiger charge is 2.44. The first kappa shape index (κ1) is 34.3. The largest absolute Gasteiger partial charge is 0.458 e. The first-order valence-corrected chi connectivity index (χ1v) is 15.3. The molecule has 2 aromatic carbocycles. The van der Waals surface area contributed by atoms with Gasteiger partial charge in [-0.1, -0.05) is 62.2 Å². The smallest absolute Gasteiger partial charge is 0.420 e. The Morgan fingerprint density at radius 3 is 2.16 bits per heavy atom. The average Bonchev–Trinajstić information content (AvgIpc) is 2.94. The van der Waals surface area contributed by atoms with Gasteiger partial charge in [0.05, 0.1) is 19.3 Å². The predicted octanol–water partition coefficient (Wildman–Crippen LogP) is 7.08. The first-order valence-electron chi connectivity index (χ1n) is 15.3. The summed E-state index contributed by atoms with van der Waals surface area (Å²) in [4.78, 5) is 41.0. The number of esters is 1. The van der Waals surface area contributed by atoms with Crippen molar-refractivity contribution in [1.29, 1.82) is 0 Å². The quantitative estimate of drug-likeness (QED) is 0.180. The van der Waals surface area contributed by atoms with E-state index in [0.717, 1.165) is 35.6 Å². The lowest BCUT2D eigenvalue weighted by Crippen LogP contribution is -2.54. The summed E-state index contributed by atoms with van der Waals surface area (Å²) in [6.45, 7) is 14.4. The van der Waals surface area contributed by atoms with E-state index < -0.39 is 47.6 Å². The summed E-state index contributed by atoms with van der Waals surface area (Å²) >= 11 is 0. The van der Waals surface area contributed by atoms with Crippen LogP contribution >= 0.6 is 0 Å². The zero-order valence-electron chi connectivity index (χ0n) is 27.0. The van der Waals surface area contributed by atoms with Gasteiger partial charge in [0.2, 0.25) is 0 Å². The van der Waals surface area contributed by atoms with Crippen LogP contribution in [0, 0.1) is 5.92 Å². The number of imide groups is 1. The third-order valence-corrected chi connectivity index (χ3v) is 7.02. The third kappa shape index (κ3) is 10.2. The SMILES string of the molecule is CCCCCO[C@@H]1[C@@H](Cc2cccc3ccccc23)COC[C@H](N(C(=O)OC(C)(C)C)C(=O)OC(C)(C)C)C(=O)O[C@H]1C. The highest BCUT2D eigenvalue weighted by molar-refractivity contribution is 5.94. The van der Waals surface area contributed by atoms with Crippen molar-refractivity contribution in [3.63, 3.8) is 0 Å². The molecule has 1 aliphatic rings. The van der Waals surface area contributed by atoms with Crippen LogP contribution in [0.2, 0.25) is 0 Å². The molecular formula is C34H49NO8. The van der Waals surface area contributed by atoms with Gasteiger partial charge in [-0.05, 0) is 77.6 Å². The van der Waals surface area contributed by atoms with Gasteiger partial charge >= 0.3 is 18.2 Å². The second kappa shape index (κ2) is 15.0. The lowest BCUT2D eigenvalue weighted by Gasteiger charge is -2.33. The zero-order chi connectivity index (χ0) is 31.8. The monoisotopic (exact) mass is 599 g/mol. The summed E-state index contributed by atoms with van der Waals surface area (Å²) in [5.74, 6) is -0.970. The van der Waals surface area contributed by atoms with Gasteiger partial charge in [-0.15, -0.1) is 0 Å². The summed E-state index contributed by atoms with van der Waals surface area (Å²) < 4.78 is 29.5. The van der Waals surface area contributed by atoms with Crippen molar-refractivity contribution >= 4 is 28.9 Å². The van der Waals surface area contributed by atoms with E-state index in [1.165, 1.54) is 0 Å². The Balaban J connectivity index is 1.95. The fourth-order valence-electron chi connectivity index (χ4n) is 5.11. The minimum atomic E-state index is -1.41. The maximum absolute atomic E-state index is 13.7. The number of amides is 2. The Bertz CT molecular complexity index is 1200. The molecule has 0 unspecified atom stereocenters. The topological polar surface area (TPSA) is 101 Å². The molecular weight excluding hydrogens is 550 g/mol. The number of fused-ring (bicyclic) bond motifs is 1. The fraction of sp³-hybridized carbons (Fsp3) is 0.618. The number of hydrogen-bond acceptors (Lipinski definition) is 8. The molecule has 1 saturated heterocycles. The molecule has 9 nitrogen and oxygen atoms in total. The van der Waals surface area contributed by atoms with Crippen LogP contribution in [0.1, 0.15) is 80.2 Å². The van der Waals surface area contributed by atoms with Crippen molar-refractivity contribution < 1.29 is 38.1 Å². The maximum Gasteiger partial charge on any atom is 0.420 e. The van der Waals surface area contributed by atoms with Gasteiger partial charge < -0.3 is 23.7 Å². The Kier molecular flexibility index (Phi) is 12.0. The number of ether oxygens (including phenoxy) is 5. The highest BCUT2D eigenvalue weighted by Crippen LogP contribution is 2.28. The number of unbranched alkanes of at least 4 members (excludes halogenated alkanes) is 2. The molecule has 3 rings (SSSR count). The fourth-order valence-corrected chi connectivity index (χ4v) is 5.11. The molecule has 0 aromatic heterocycles. The van der Waals surface area contributed by atoms with Crippen LogP contribution in [0.5, 0.6) is 0 Å². The molecule has 1 aliphatic heterocycles. The van der Waals surface area contributed by atoms with Crippen LogP contribution in [0.15, 0.2) is 42.5 Å². The first-order chi connectivity index (χ1) is 20.2. The molecule has 43 heavy (non-hydrogen) atoms. The Morgan fingerprint density at radius 2 is 1.53 bits per heavy atom. The normalized spacial score (nSPS) is 21.7. The average molecular weight is 600 g/mol. The minimum absolute atomic E-state index is 0.175. The van der Waals surface area contributed by atoms with Crippen molar-refractivity contribution in [1.82, 2.24) is 4.90 Å². The molecule has 0 N–H and O–H groups in total. The van der Waals surface area contributed by atoms with Crippen LogP contribution < -0.4 is 0 Å². The Hall–Kier alpha value is -3.17. The van der Waals surface area contributed by atoms with Gasteiger partial charge in [0.25, 0.3) is 0 Å². The highest BCUT2D eigenvalue weighted by atomic mass is 16.6. The zero-order valence-corrected chi connectivity index (χ0v) is 27.0. The van der Waals surface area contributed by atoms with E-state index in [1.807, 2.05) is 18.2 Å². The van der Waals surface area contributed by atoms with Crippen LogP contribution in [-0.4, -0.2) is 72.3 Å². The lowest BCUT2D eigenvalue weighted by molar-refractivity contribution is -0.163. The molecule has 1 heterocycles. The van der Waals surface area contributed by atoms with Gasteiger partial charge in [0.15, 0.2) is 6.04 Å². The van der Waals surface area contributed by atoms with E-state index >= 15 is 0 Å². The molecule has 2 amide bonds. The number of hydrogen-bond donors (Lipinski definition) is 0. The van der Waals surface area contributed by atoms with Gasteiger partial charge in [-0.2, -0.15) is 4.90 Å². The van der Waals surface area contributed by atoms with Crippen molar-refractivity contribution in [2.24, 2.45) is 5.92 Å². The van der Waals surface area contributed by atoms with E-state index in [9.17, 15) is 14.4 Å². The van der Waals surface area contributed by atoms with E-state index in [1.54, 1.807) is 48.5 Å². The number of nitrogens with zero attached hydrogens (tertiary/aromatic N) is 1. The molecule has 0 radical (unpaired) electrons. The second-order valence-electron chi connectivity index (χ2n) is 13.2. The number of rotatable bonds is 8. The van der Waals surface area contributed by atoms with Crippen molar-refractivity contribution in [2.75, 3.05) is 19.8 Å². The van der Waals surface area contributed by atoms with Crippen molar-refractivity contribution in [3.05, 3.63) is 48.0 Å². The summed E-state index contributed by atoms with van der Waals surface area (Å²) in [6.07, 6.45) is 0.379. The Labute approximate surface area is 256 Å². The number of carbonyl (C=O) groups excluding carboxylic acids is 3. The minimum Gasteiger partial charge on any atom is -0.458 e. The summed E-state index contributed by atoms with van der Waals surface area (Å²) in [5.41, 5.74) is -0.712. The van der Waals surface area contributed by atoms with Gasteiger partial charge in [0.1, 0.15) is 17.3 Å². The summed E-state index contributed by atoms with van der Waals surface area (Å²) in [7, 11) is 0. The number of cyclic esters (lactones) is 1. The van der Waals surface area contributed by atoms with Crippen molar-refractivity contribution in [2.45, 2.75) is 111 Å². The van der Waals surface area contributed by atoms with Crippen LogP contribution in [-0.2, 0) is 34.9 Å². The molecule has 238 valence electrons. The summed E-state index contributed by atoms with van der Waals surface area (Å²) in [6, 6.07) is 13.0. The third-order valence-electron chi connectivity index (χ3n) is 7.02. The second-order valence-corrected chi connectivity index (χ2v) is 13.2. The van der Waals surface area contributed by atoms with Gasteiger partial charge in [0, 0.05) is 12.5 Å². The van der Waals surface area contributed by atoms with E-state index in [2.05, 4.69) is 31.2 Å². The molecule has 0 spiro atoms. The Morgan fingerprint density at radius 1 is 0.907 bits per heavy atom. The molecule has 2 aromatic rings.